The number of rotatable bonds is 3. The second-order valence-corrected chi connectivity index (χ2v) is 5.87. The zero-order valence-electron chi connectivity index (χ0n) is 14.4. The SMILES string of the molecule is COC(=O)C1=C(C)NC(c2cnccn2)=NC1(C)c1ccc(F)c(F)c1. The number of hydrogen-bond donors (Lipinski definition) is 1. The van der Waals surface area contributed by atoms with Crippen molar-refractivity contribution >= 4 is 11.8 Å². The molecule has 0 spiro atoms. The normalized spacial score (nSPS) is 19.7. The van der Waals surface area contributed by atoms with Gasteiger partial charge < -0.3 is 10.1 Å². The number of amidine groups is 1. The van der Waals surface area contributed by atoms with Gasteiger partial charge in [-0.15, -0.1) is 0 Å². The van der Waals surface area contributed by atoms with E-state index in [9.17, 15) is 13.6 Å². The smallest absolute Gasteiger partial charge is 0.338 e. The van der Waals surface area contributed by atoms with Gasteiger partial charge in [0.2, 0.25) is 0 Å². The molecule has 2 aromatic rings. The number of aliphatic imine (C=N–C) groups is 1. The van der Waals surface area contributed by atoms with Gasteiger partial charge in [-0.1, -0.05) is 6.07 Å². The number of halogens is 2. The highest BCUT2D eigenvalue weighted by atomic mass is 19.2. The van der Waals surface area contributed by atoms with Gasteiger partial charge in [0, 0.05) is 18.1 Å². The molecule has 0 saturated carbocycles. The number of allylic oxidation sites excluding steroid dienone is 1. The zero-order chi connectivity index (χ0) is 18.9. The van der Waals surface area contributed by atoms with Gasteiger partial charge in [0.15, 0.2) is 17.5 Å². The summed E-state index contributed by atoms with van der Waals surface area (Å²) in [6.07, 6.45) is 4.53. The number of methoxy groups -OCH3 is 1. The van der Waals surface area contributed by atoms with Crippen molar-refractivity contribution in [2.75, 3.05) is 7.11 Å². The Bertz CT molecular complexity index is 928. The van der Waals surface area contributed by atoms with Crippen LogP contribution in [0.3, 0.4) is 0 Å². The summed E-state index contributed by atoms with van der Waals surface area (Å²) in [5, 5.41) is 3.01. The number of benzene rings is 1. The van der Waals surface area contributed by atoms with Crippen LogP contribution in [0.4, 0.5) is 8.78 Å². The molecule has 1 aromatic carbocycles. The number of esters is 1. The molecule has 1 N–H and O–H groups in total. The van der Waals surface area contributed by atoms with Crippen LogP contribution in [0.15, 0.2) is 53.1 Å². The molecule has 0 radical (unpaired) electrons. The van der Waals surface area contributed by atoms with Crippen LogP contribution in [-0.2, 0) is 15.1 Å². The highest BCUT2D eigenvalue weighted by molar-refractivity contribution is 6.03. The Balaban J connectivity index is 2.22. The number of carbonyl (C=O) groups is 1. The van der Waals surface area contributed by atoms with Crippen molar-refractivity contribution in [2.24, 2.45) is 4.99 Å². The lowest BCUT2D eigenvalue weighted by molar-refractivity contribution is -0.137. The first-order chi connectivity index (χ1) is 12.4. The van der Waals surface area contributed by atoms with Crippen molar-refractivity contribution in [1.29, 1.82) is 0 Å². The molecular weight excluding hydrogens is 342 g/mol. The topological polar surface area (TPSA) is 76.5 Å². The first-order valence-corrected chi connectivity index (χ1v) is 7.75. The summed E-state index contributed by atoms with van der Waals surface area (Å²) >= 11 is 0. The average Bonchev–Trinajstić information content (AvgIpc) is 2.63. The number of ether oxygens (including phenoxy) is 1. The molecule has 0 aliphatic carbocycles. The standard InChI is InChI=1S/C18H16F2N4O2/c1-10-15(17(25)26-3)18(2,11-4-5-12(19)13(20)8-11)24-16(23-10)14-9-21-6-7-22-14/h4-9H,1-3H3,(H,23,24). The number of carbonyl (C=O) groups excluding carboxylic acids is 1. The third kappa shape index (κ3) is 2.94. The molecule has 6 nitrogen and oxygen atoms in total. The van der Waals surface area contributed by atoms with E-state index < -0.39 is 23.1 Å². The average molecular weight is 358 g/mol. The molecule has 3 rings (SSSR count). The van der Waals surface area contributed by atoms with Crippen molar-refractivity contribution in [1.82, 2.24) is 15.3 Å². The Morgan fingerprint density at radius 3 is 2.62 bits per heavy atom. The van der Waals surface area contributed by atoms with Crippen LogP contribution in [0.25, 0.3) is 0 Å². The number of nitrogens with one attached hydrogen (secondary N) is 1. The first-order valence-electron chi connectivity index (χ1n) is 7.75. The maximum Gasteiger partial charge on any atom is 0.338 e. The van der Waals surface area contributed by atoms with Crippen molar-refractivity contribution in [3.05, 3.63) is 71.0 Å². The summed E-state index contributed by atoms with van der Waals surface area (Å²) in [4.78, 5) is 25.1. The maximum absolute atomic E-state index is 13.8. The van der Waals surface area contributed by atoms with Crippen molar-refractivity contribution in [2.45, 2.75) is 19.4 Å². The Hall–Kier alpha value is -3.16. The van der Waals surface area contributed by atoms with E-state index in [1.807, 2.05) is 0 Å². The zero-order valence-corrected chi connectivity index (χ0v) is 14.4. The minimum Gasteiger partial charge on any atom is -0.466 e. The van der Waals surface area contributed by atoms with Gasteiger partial charge in [-0.05, 0) is 31.5 Å². The fraction of sp³-hybridized carbons (Fsp3) is 0.222. The largest absolute Gasteiger partial charge is 0.466 e. The second-order valence-electron chi connectivity index (χ2n) is 5.87. The van der Waals surface area contributed by atoms with E-state index >= 15 is 0 Å². The molecule has 1 unspecified atom stereocenters. The molecule has 0 amide bonds. The Labute approximate surface area is 148 Å². The molecule has 2 heterocycles. The highest BCUT2D eigenvalue weighted by Crippen LogP contribution is 2.38. The fourth-order valence-electron chi connectivity index (χ4n) is 2.92. The van der Waals surface area contributed by atoms with Crippen molar-refractivity contribution < 1.29 is 18.3 Å². The van der Waals surface area contributed by atoms with E-state index in [2.05, 4.69) is 20.3 Å². The Morgan fingerprint density at radius 2 is 2.00 bits per heavy atom. The third-order valence-electron chi connectivity index (χ3n) is 4.18. The van der Waals surface area contributed by atoms with Gasteiger partial charge in [0.1, 0.15) is 11.2 Å². The molecule has 0 bridgehead atoms. The number of nitrogens with zero attached hydrogens (tertiary/aromatic N) is 3. The highest BCUT2D eigenvalue weighted by Gasteiger charge is 2.41. The predicted octanol–water partition coefficient (Wildman–Crippen LogP) is 2.47. The summed E-state index contributed by atoms with van der Waals surface area (Å²) in [7, 11) is 1.25. The van der Waals surface area contributed by atoms with Crippen LogP contribution in [0.2, 0.25) is 0 Å². The minimum absolute atomic E-state index is 0.193. The lowest BCUT2D eigenvalue weighted by Crippen LogP contribution is -2.41. The van der Waals surface area contributed by atoms with Gasteiger partial charge >= 0.3 is 5.97 Å². The molecule has 134 valence electrons. The molecule has 0 saturated heterocycles. The lowest BCUT2D eigenvalue weighted by atomic mass is 9.82. The molecule has 1 atom stereocenters. The summed E-state index contributed by atoms with van der Waals surface area (Å²) in [5.74, 6) is -2.27. The third-order valence-corrected chi connectivity index (χ3v) is 4.18. The van der Waals surface area contributed by atoms with Crippen molar-refractivity contribution in [3.63, 3.8) is 0 Å². The van der Waals surface area contributed by atoms with Crippen molar-refractivity contribution in [3.8, 4) is 0 Å². The van der Waals surface area contributed by atoms with Crippen LogP contribution in [0.1, 0.15) is 25.1 Å². The van der Waals surface area contributed by atoms with Gasteiger partial charge in [0.05, 0.1) is 18.9 Å². The molecular formula is C18H16F2N4O2. The van der Waals surface area contributed by atoms with E-state index in [4.69, 9.17) is 4.74 Å². The van der Waals surface area contributed by atoms with E-state index in [0.717, 1.165) is 12.1 Å². The molecule has 1 aliphatic rings. The summed E-state index contributed by atoms with van der Waals surface area (Å²) in [6.45, 7) is 3.31. The molecule has 26 heavy (non-hydrogen) atoms. The molecule has 1 aromatic heterocycles. The maximum atomic E-state index is 13.8. The number of hydrogen-bond acceptors (Lipinski definition) is 6. The van der Waals surface area contributed by atoms with Gasteiger partial charge in [-0.3, -0.25) is 4.98 Å². The molecule has 0 fully saturated rings. The van der Waals surface area contributed by atoms with E-state index in [1.54, 1.807) is 13.8 Å². The van der Waals surface area contributed by atoms with Gasteiger partial charge in [0.25, 0.3) is 0 Å². The van der Waals surface area contributed by atoms with Crippen LogP contribution < -0.4 is 5.32 Å². The summed E-state index contributed by atoms with van der Waals surface area (Å²) in [6, 6.07) is 3.41. The van der Waals surface area contributed by atoms with Crippen LogP contribution in [0, 0.1) is 11.6 Å². The van der Waals surface area contributed by atoms with Crippen LogP contribution >= 0.6 is 0 Å². The predicted molar refractivity (Wildman–Crippen MR) is 90.1 cm³/mol. The number of aromatic nitrogens is 2. The second kappa shape index (κ2) is 6.62. The van der Waals surface area contributed by atoms with E-state index in [0.29, 0.717) is 22.8 Å². The monoisotopic (exact) mass is 358 g/mol. The van der Waals surface area contributed by atoms with E-state index in [-0.39, 0.29) is 5.57 Å². The molecule has 1 aliphatic heterocycles. The van der Waals surface area contributed by atoms with Gasteiger partial charge in [-0.25, -0.2) is 23.6 Å². The fourth-order valence-corrected chi connectivity index (χ4v) is 2.92. The summed E-state index contributed by atoms with van der Waals surface area (Å²) in [5.41, 5.74) is 0.117. The quantitative estimate of drug-likeness (QED) is 0.853. The first kappa shape index (κ1) is 17.7. The Morgan fingerprint density at radius 1 is 1.23 bits per heavy atom. The molecule has 8 heteroatoms. The van der Waals surface area contributed by atoms with Crippen LogP contribution in [-0.4, -0.2) is 28.9 Å². The van der Waals surface area contributed by atoms with Gasteiger partial charge in [-0.2, -0.15) is 0 Å². The Kier molecular flexibility index (Phi) is 4.50. The lowest BCUT2D eigenvalue weighted by Gasteiger charge is -2.34. The van der Waals surface area contributed by atoms with Crippen LogP contribution in [0.5, 0.6) is 0 Å². The summed E-state index contributed by atoms with van der Waals surface area (Å²) < 4.78 is 32.1. The van der Waals surface area contributed by atoms with E-state index in [1.165, 1.54) is 31.8 Å². The minimum atomic E-state index is -1.30.